The van der Waals surface area contributed by atoms with Gasteiger partial charge in [-0.2, -0.15) is 0 Å². The third-order valence-electron chi connectivity index (χ3n) is 3.25. The number of hydrogen-bond acceptors (Lipinski definition) is 0. The Kier molecular flexibility index (Phi) is 3.71. The van der Waals surface area contributed by atoms with Gasteiger partial charge in [-0.15, -0.1) is 0 Å². The van der Waals surface area contributed by atoms with Crippen LogP contribution in [0, 0.1) is 0 Å². The van der Waals surface area contributed by atoms with E-state index < -0.39 is 21.8 Å². The number of allylic oxidation sites excluding steroid dienone is 4. The summed E-state index contributed by atoms with van der Waals surface area (Å²) in [6, 6.07) is 22.1. The van der Waals surface area contributed by atoms with E-state index in [1.54, 1.807) is 6.54 Å². The summed E-state index contributed by atoms with van der Waals surface area (Å²) in [5.41, 5.74) is 0. The average Bonchev–Trinajstić information content (AvgIpc) is 2.95. The summed E-state index contributed by atoms with van der Waals surface area (Å²) in [6.07, 6.45) is 9.12. The third kappa shape index (κ3) is 2.47. The molecule has 0 atom stereocenters. The molecule has 0 aromatic heterocycles. The van der Waals surface area contributed by atoms with Crippen molar-refractivity contribution in [3.63, 3.8) is 0 Å². The molecule has 87 valence electrons. The van der Waals surface area contributed by atoms with Crippen molar-refractivity contribution in [3.8, 4) is 0 Å². The molecule has 0 amide bonds. The van der Waals surface area contributed by atoms with Gasteiger partial charge in [-0.3, -0.25) is 0 Å². The zero-order chi connectivity index (χ0) is 12.2. The Bertz CT molecular complexity index is 503. The summed E-state index contributed by atoms with van der Waals surface area (Å²) in [6.45, 7) is 0. The second-order valence-electron chi connectivity index (χ2n) is 4.44. The molecule has 2 aromatic rings. The van der Waals surface area contributed by atoms with E-state index in [9.17, 15) is 0 Å². The topological polar surface area (TPSA) is 0 Å². The van der Waals surface area contributed by atoms with E-state index in [1.807, 2.05) is 0 Å². The van der Waals surface area contributed by atoms with Crippen LogP contribution in [0.5, 0.6) is 0 Å². The molecule has 0 bridgehead atoms. The van der Waals surface area contributed by atoms with Crippen molar-refractivity contribution in [3.05, 3.63) is 85.0 Å². The fourth-order valence-corrected chi connectivity index (χ4v) is 9.33. The van der Waals surface area contributed by atoms with Crippen molar-refractivity contribution in [1.29, 1.82) is 0 Å². The standard InChI is InChI=1S/2C6H5.C5H5.Zr/c2*1-2-4-6-5-3-1;1-2-4-5-3-1;/h2*1-5H;1-5H;. The first-order valence-electron chi connectivity index (χ1n) is 6.28. The van der Waals surface area contributed by atoms with Crippen molar-refractivity contribution < 1.29 is 21.8 Å². The summed E-state index contributed by atoms with van der Waals surface area (Å²) < 4.78 is 3.82. The molecule has 1 heteroatoms. The monoisotopic (exact) mass is 309 g/mol. The van der Waals surface area contributed by atoms with Crippen molar-refractivity contribution >= 4 is 6.54 Å². The Morgan fingerprint density at radius 2 is 1.06 bits per heavy atom. The summed E-state index contributed by atoms with van der Waals surface area (Å²) >= 11 is -1.84. The zero-order valence-corrected chi connectivity index (χ0v) is 12.6. The number of benzene rings is 2. The Labute approximate surface area is 116 Å². The molecule has 0 unspecified atom stereocenters. The van der Waals surface area contributed by atoms with Gasteiger partial charge in [-0.25, -0.2) is 0 Å². The van der Waals surface area contributed by atoms with Gasteiger partial charge < -0.3 is 0 Å². The van der Waals surface area contributed by atoms with Crippen LogP contribution in [-0.2, 0) is 21.8 Å². The Morgan fingerprint density at radius 1 is 0.611 bits per heavy atom. The molecule has 0 saturated heterocycles. The fraction of sp³-hybridized carbons (Fsp3) is 0.0588. The number of hydrogen-bond donors (Lipinski definition) is 0. The van der Waals surface area contributed by atoms with Gasteiger partial charge >= 0.3 is 117 Å². The molecule has 0 spiro atoms. The van der Waals surface area contributed by atoms with Crippen molar-refractivity contribution in [2.45, 2.75) is 3.63 Å². The Hall–Kier alpha value is -1.20. The van der Waals surface area contributed by atoms with Crippen molar-refractivity contribution in [1.82, 2.24) is 0 Å². The van der Waals surface area contributed by atoms with Gasteiger partial charge in [0.15, 0.2) is 0 Å². The quantitative estimate of drug-likeness (QED) is 0.817. The van der Waals surface area contributed by atoms with Crippen LogP contribution in [-0.4, -0.2) is 0 Å². The van der Waals surface area contributed by atoms with E-state index in [2.05, 4.69) is 85.0 Å². The summed E-state index contributed by atoms with van der Waals surface area (Å²) in [7, 11) is 0. The van der Waals surface area contributed by atoms with Crippen molar-refractivity contribution in [2.24, 2.45) is 0 Å². The predicted molar refractivity (Wildman–Crippen MR) is 74.2 cm³/mol. The fourth-order valence-electron chi connectivity index (χ4n) is 2.41. The van der Waals surface area contributed by atoms with Gasteiger partial charge in [-0.05, 0) is 0 Å². The number of rotatable bonds is 3. The average molecular weight is 311 g/mol. The van der Waals surface area contributed by atoms with Crippen molar-refractivity contribution in [2.75, 3.05) is 0 Å². The van der Waals surface area contributed by atoms with Gasteiger partial charge in [0.2, 0.25) is 0 Å². The van der Waals surface area contributed by atoms with E-state index in [1.165, 1.54) is 0 Å². The maximum atomic E-state index is 2.37. The summed E-state index contributed by atoms with van der Waals surface area (Å²) in [5.74, 6) is 0. The molecule has 1 aliphatic carbocycles. The first-order chi connectivity index (χ1) is 8.95. The zero-order valence-electron chi connectivity index (χ0n) is 10.2. The van der Waals surface area contributed by atoms with Crippen LogP contribution in [0.15, 0.2) is 85.0 Å². The van der Waals surface area contributed by atoms with Crippen LogP contribution in [0.3, 0.4) is 0 Å². The van der Waals surface area contributed by atoms with E-state index in [0.717, 1.165) is 0 Å². The molecule has 0 nitrogen and oxygen atoms in total. The Morgan fingerprint density at radius 3 is 1.50 bits per heavy atom. The molecular weight excluding hydrogens is 295 g/mol. The summed E-state index contributed by atoms with van der Waals surface area (Å²) in [4.78, 5) is 0. The van der Waals surface area contributed by atoms with Crippen LogP contribution in [0.1, 0.15) is 0 Å². The van der Waals surface area contributed by atoms with Gasteiger partial charge in [0.25, 0.3) is 0 Å². The minimum absolute atomic E-state index is 0.664. The maximum absolute atomic E-state index is 2.37. The van der Waals surface area contributed by atoms with Crippen LogP contribution in [0.2, 0.25) is 3.63 Å². The van der Waals surface area contributed by atoms with Gasteiger partial charge in [0.05, 0.1) is 0 Å². The summed E-state index contributed by atoms with van der Waals surface area (Å²) in [5, 5.41) is 0. The molecule has 0 N–H and O–H groups in total. The predicted octanol–water partition coefficient (Wildman–Crippen LogP) is 3.17. The molecule has 3 rings (SSSR count). The van der Waals surface area contributed by atoms with E-state index in [-0.39, 0.29) is 0 Å². The molecule has 0 heterocycles. The van der Waals surface area contributed by atoms with Gasteiger partial charge in [-0.1, -0.05) is 0 Å². The van der Waals surface area contributed by atoms with Crippen LogP contribution in [0.25, 0.3) is 0 Å². The second-order valence-corrected chi connectivity index (χ2v) is 11.0. The Balaban J connectivity index is 2.04. The molecule has 0 fully saturated rings. The first-order valence-corrected chi connectivity index (χ1v) is 10.2. The molecule has 1 aliphatic rings. The van der Waals surface area contributed by atoms with Crippen LogP contribution < -0.4 is 6.54 Å². The van der Waals surface area contributed by atoms with E-state index >= 15 is 0 Å². The van der Waals surface area contributed by atoms with Crippen LogP contribution >= 0.6 is 0 Å². The molecule has 0 radical (unpaired) electrons. The molecule has 18 heavy (non-hydrogen) atoms. The van der Waals surface area contributed by atoms with E-state index in [0.29, 0.717) is 3.63 Å². The normalized spacial score (nSPS) is 14.0. The second kappa shape index (κ2) is 5.63. The minimum atomic E-state index is -1.84. The first kappa shape index (κ1) is 11.9. The third-order valence-corrected chi connectivity index (χ3v) is 10.5. The SMILES string of the molecule is C1=C[CH]([Zr]([c]2ccccc2)[c]2ccccc2)C=C1. The molecule has 0 saturated carbocycles. The van der Waals surface area contributed by atoms with Crippen LogP contribution in [0.4, 0.5) is 0 Å². The van der Waals surface area contributed by atoms with Gasteiger partial charge in [0.1, 0.15) is 0 Å². The van der Waals surface area contributed by atoms with Gasteiger partial charge in [0, 0.05) is 0 Å². The van der Waals surface area contributed by atoms with E-state index in [4.69, 9.17) is 0 Å². The molecular formula is C17H15Zr. The molecule has 2 aromatic carbocycles. The molecule has 0 aliphatic heterocycles.